The van der Waals surface area contributed by atoms with Crippen molar-refractivity contribution in [1.82, 2.24) is 5.32 Å². The Balaban J connectivity index is 1.56. The molecule has 24 heavy (non-hydrogen) atoms. The summed E-state index contributed by atoms with van der Waals surface area (Å²) >= 11 is 0. The van der Waals surface area contributed by atoms with E-state index in [2.05, 4.69) is 17.4 Å². The van der Waals surface area contributed by atoms with Crippen LogP contribution in [-0.4, -0.2) is 18.4 Å². The fraction of sp³-hybridized carbons (Fsp3) is 0.263. The lowest BCUT2D eigenvalue weighted by molar-refractivity contribution is -0.123. The first kappa shape index (κ1) is 16.1. The molecule has 3 N–H and O–H groups in total. The van der Waals surface area contributed by atoms with Gasteiger partial charge >= 0.3 is 0 Å². The molecule has 0 heterocycles. The Morgan fingerprint density at radius 3 is 2.62 bits per heavy atom. The zero-order chi connectivity index (χ0) is 16.9. The van der Waals surface area contributed by atoms with E-state index in [9.17, 15) is 9.59 Å². The highest BCUT2D eigenvalue weighted by Gasteiger charge is 2.21. The van der Waals surface area contributed by atoms with Crippen molar-refractivity contribution in [2.24, 2.45) is 5.73 Å². The predicted octanol–water partition coefficient (Wildman–Crippen LogP) is 2.36. The zero-order valence-electron chi connectivity index (χ0n) is 13.3. The van der Waals surface area contributed by atoms with Gasteiger partial charge in [0.15, 0.2) is 6.61 Å². The maximum atomic E-state index is 12.2. The average molecular weight is 324 g/mol. The van der Waals surface area contributed by atoms with Gasteiger partial charge in [0, 0.05) is 5.56 Å². The van der Waals surface area contributed by atoms with E-state index < -0.39 is 5.91 Å². The summed E-state index contributed by atoms with van der Waals surface area (Å²) in [6.45, 7) is -0.0609. The van der Waals surface area contributed by atoms with Crippen LogP contribution in [0.5, 0.6) is 5.75 Å². The zero-order valence-corrected chi connectivity index (χ0v) is 13.3. The van der Waals surface area contributed by atoms with E-state index in [1.54, 1.807) is 24.3 Å². The molecule has 2 aromatic rings. The average Bonchev–Trinajstić information content (AvgIpc) is 2.61. The monoisotopic (exact) mass is 324 g/mol. The lowest BCUT2D eigenvalue weighted by Crippen LogP contribution is -2.34. The fourth-order valence-corrected chi connectivity index (χ4v) is 3.00. The lowest BCUT2D eigenvalue weighted by atomic mass is 9.88. The van der Waals surface area contributed by atoms with Crippen molar-refractivity contribution >= 4 is 11.8 Å². The third kappa shape index (κ3) is 3.74. The minimum atomic E-state index is -0.491. The Morgan fingerprint density at radius 1 is 1.12 bits per heavy atom. The highest BCUT2D eigenvalue weighted by molar-refractivity contribution is 5.92. The molecule has 5 nitrogen and oxygen atoms in total. The van der Waals surface area contributed by atoms with E-state index in [0.29, 0.717) is 11.3 Å². The summed E-state index contributed by atoms with van der Waals surface area (Å²) in [7, 11) is 0. The number of carbonyl (C=O) groups excluding carboxylic acids is 2. The Morgan fingerprint density at radius 2 is 1.88 bits per heavy atom. The highest BCUT2D eigenvalue weighted by Crippen LogP contribution is 2.29. The van der Waals surface area contributed by atoms with Crippen LogP contribution in [-0.2, 0) is 11.2 Å². The molecule has 5 heteroatoms. The van der Waals surface area contributed by atoms with Gasteiger partial charge in [0.1, 0.15) is 5.75 Å². The van der Waals surface area contributed by atoms with Crippen LogP contribution in [0.4, 0.5) is 0 Å². The summed E-state index contributed by atoms with van der Waals surface area (Å²) in [5, 5.41) is 3.04. The minimum absolute atomic E-state index is 0.0447. The number of amides is 2. The summed E-state index contributed by atoms with van der Waals surface area (Å²) in [4.78, 5) is 23.2. The van der Waals surface area contributed by atoms with Crippen LogP contribution >= 0.6 is 0 Å². The Labute approximate surface area is 140 Å². The number of primary amides is 1. The lowest BCUT2D eigenvalue weighted by Gasteiger charge is -2.26. The van der Waals surface area contributed by atoms with Gasteiger partial charge < -0.3 is 15.8 Å². The second kappa shape index (κ2) is 7.17. The second-order valence-electron chi connectivity index (χ2n) is 5.89. The number of hydrogen-bond acceptors (Lipinski definition) is 3. The molecule has 1 atom stereocenters. The van der Waals surface area contributed by atoms with Gasteiger partial charge in [-0.3, -0.25) is 9.59 Å². The van der Waals surface area contributed by atoms with Crippen molar-refractivity contribution in [2.45, 2.75) is 25.3 Å². The molecule has 0 fully saturated rings. The first-order valence-electron chi connectivity index (χ1n) is 8.03. The molecular weight excluding hydrogens is 304 g/mol. The van der Waals surface area contributed by atoms with Crippen LogP contribution in [0.1, 0.15) is 40.4 Å². The molecule has 0 bridgehead atoms. The van der Waals surface area contributed by atoms with Crippen LogP contribution in [0.25, 0.3) is 0 Å². The van der Waals surface area contributed by atoms with Crippen LogP contribution < -0.4 is 15.8 Å². The minimum Gasteiger partial charge on any atom is -0.484 e. The largest absolute Gasteiger partial charge is 0.484 e. The van der Waals surface area contributed by atoms with Crippen molar-refractivity contribution in [3.63, 3.8) is 0 Å². The Kier molecular flexibility index (Phi) is 4.79. The van der Waals surface area contributed by atoms with Gasteiger partial charge in [0.2, 0.25) is 5.91 Å². The third-order valence-corrected chi connectivity index (χ3v) is 4.21. The molecule has 0 aromatic heterocycles. The number of aryl methyl sites for hydroxylation is 1. The van der Waals surface area contributed by atoms with Gasteiger partial charge in [-0.25, -0.2) is 0 Å². The molecule has 0 radical (unpaired) electrons. The van der Waals surface area contributed by atoms with Crippen molar-refractivity contribution in [2.75, 3.05) is 6.61 Å². The van der Waals surface area contributed by atoms with Crippen molar-refractivity contribution in [3.8, 4) is 5.75 Å². The maximum Gasteiger partial charge on any atom is 0.258 e. The summed E-state index contributed by atoms with van der Waals surface area (Å²) in [6, 6.07) is 14.7. The predicted molar refractivity (Wildman–Crippen MR) is 90.7 cm³/mol. The van der Waals surface area contributed by atoms with Gasteiger partial charge in [0.25, 0.3) is 5.91 Å². The summed E-state index contributed by atoms with van der Waals surface area (Å²) < 4.78 is 5.47. The molecule has 0 saturated carbocycles. The molecule has 0 aliphatic heterocycles. The van der Waals surface area contributed by atoms with Gasteiger partial charge in [0.05, 0.1) is 6.04 Å². The summed E-state index contributed by atoms with van der Waals surface area (Å²) in [5.74, 6) is -0.120. The van der Waals surface area contributed by atoms with E-state index in [4.69, 9.17) is 10.5 Å². The topological polar surface area (TPSA) is 81.4 Å². The number of fused-ring (bicyclic) bond motifs is 1. The van der Waals surface area contributed by atoms with Crippen molar-refractivity contribution in [3.05, 3.63) is 65.2 Å². The van der Waals surface area contributed by atoms with Gasteiger partial charge in [-0.15, -0.1) is 0 Å². The Bertz CT molecular complexity index is 741. The number of ether oxygens (including phenoxy) is 1. The first-order valence-corrected chi connectivity index (χ1v) is 8.03. The van der Waals surface area contributed by atoms with Gasteiger partial charge in [-0.1, -0.05) is 24.3 Å². The van der Waals surface area contributed by atoms with Crippen molar-refractivity contribution in [1.29, 1.82) is 0 Å². The van der Waals surface area contributed by atoms with Crippen molar-refractivity contribution < 1.29 is 14.3 Å². The van der Waals surface area contributed by atoms with E-state index >= 15 is 0 Å². The van der Waals surface area contributed by atoms with Crippen LogP contribution in [0.2, 0.25) is 0 Å². The number of nitrogens with two attached hydrogens (primary N) is 1. The standard InChI is InChI=1S/C19H20N2O3/c20-19(23)14-8-10-15(11-9-14)24-12-18(22)21-17-7-3-5-13-4-1-2-6-16(13)17/h1-2,4,6,8-11,17H,3,5,7,12H2,(H2,20,23)(H,21,22). The fourth-order valence-electron chi connectivity index (χ4n) is 3.00. The number of benzene rings is 2. The number of carbonyl (C=O) groups is 2. The molecule has 2 aromatic carbocycles. The van der Waals surface area contributed by atoms with E-state index in [1.807, 2.05) is 12.1 Å². The van der Waals surface area contributed by atoms with E-state index in [-0.39, 0.29) is 18.6 Å². The van der Waals surface area contributed by atoms with Crippen LogP contribution in [0.3, 0.4) is 0 Å². The first-order chi connectivity index (χ1) is 11.6. The third-order valence-electron chi connectivity index (χ3n) is 4.21. The number of hydrogen-bond donors (Lipinski definition) is 2. The van der Waals surface area contributed by atoms with E-state index in [0.717, 1.165) is 19.3 Å². The molecule has 1 unspecified atom stereocenters. The van der Waals surface area contributed by atoms with Crippen LogP contribution in [0, 0.1) is 0 Å². The molecular formula is C19H20N2O3. The van der Waals surface area contributed by atoms with E-state index in [1.165, 1.54) is 11.1 Å². The molecule has 1 aliphatic carbocycles. The highest BCUT2D eigenvalue weighted by atomic mass is 16.5. The smallest absolute Gasteiger partial charge is 0.258 e. The maximum absolute atomic E-state index is 12.2. The molecule has 2 amide bonds. The molecule has 0 saturated heterocycles. The number of rotatable bonds is 5. The Hall–Kier alpha value is -2.82. The molecule has 1 aliphatic rings. The van der Waals surface area contributed by atoms with Gasteiger partial charge in [-0.2, -0.15) is 0 Å². The SMILES string of the molecule is NC(=O)c1ccc(OCC(=O)NC2CCCc3ccccc32)cc1. The number of nitrogens with one attached hydrogen (secondary N) is 1. The summed E-state index contributed by atoms with van der Waals surface area (Å²) in [6.07, 6.45) is 3.07. The molecule has 124 valence electrons. The molecule has 3 rings (SSSR count). The second-order valence-corrected chi connectivity index (χ2v) is 5.89. The summed E-state index contributed by atoms with van der Waals surface area (Å²) in [5.41, 5.74) is 8.09. The quantitative estimate of drug-likeness (QED) is 0.886. The van der Waals surface area contributed by atoms with Crippen LogP contribution in [0.15, 0.2) is 48.5 Å². The van der Waals surface area contributed by atoms with Gasteiger partial charge in [-0.05, 0) is 54.7 Å². The molecule has 0 spiro atoms. The normalized spacial score (nSPS) is 16.1.